The van der Waals surface area contributed by atoms with Crippen LogP contribution in [-0.4, -0.2) is 23.5 Å². The first-order chi connectivity index (χ1) is 12.3. The molecule has 3 N–H and O–H groups in total. The molecule has 0 fully saturated rings. The zero-order chi connectivity index (χ0) is 19.1. The molecule has 2 amide bonds. The van der Waals surface area contributed by atoms with Gasteiger partial charge >= 0.3 is 0 Å². The molecular formula is C17H15BrIN3O3S. The van der Waals surface area contributed by atoms with Crippen LogP contribution >= 0.6 is 50.7 Å². The van der Waals surface area contributed by atoms with Gasteiger partial charge in [0.05, 0.1) is 0 Å². The second-order valence-corrected chi connectivity index (χ2v) is 7.65. The fourth-order valence-electron chi connectivity index (χ4n) is 1.78. The third-order valence-electron chi connectivity index (χ3n) is 3.16. The van der Waals surface area contributed by atoms with Crippen LogP contribution < -0.4 is 20.9 Å². The van der Waals surface area contributed by atoms with E-state index in [0.29, 0.717) is 11.3 Å². The lowest BCUT2D eigenvalue weighted by molar-refractivity contribution is -0.123. The van der Waals surface area contributed by atoms with E-state index in [1.807, 2.05) is 25.1 Å². The van der Waals surface area contributed by atoms with Gasteiger partial charge in [-0.2, -0.15) is 0 Å². The third-order valence-corrected chi connectivity index (χ3v) is 5.06. The van der Waals surface area contributed by atoms with E-state index >= 15 is 0 Å². The molecule has 0 atom stereocenters. The summed E-state index contributed by atoms with van der Waals surface area (Å²) in [5, 5.41) is 2.48. The highest BCUT2D eigenvalue weighted by molar-refractivity contribution is 14.1. The van der Waals surface area contributed by atoms with Crippen LogP contribution in [0.5, 0.6) is 5.75 Å². The second kappa shape index (κ2) is 9.83. The summed E-state index contributed by atoms with van der Waals surface area (Å²) in [5.41, 5.74) is 6.39. The van der Waals surface area contributed by atoms with Crippen molar-refractivity contribution < 1.29 is 14.3 Å². The number of ether oxygens (including phenoxy) is 1. The number of carbonyl (C=O) groups is 2. The maximum Gasteiger partial charge on any atom is 0.276 e. The molecule has 0 aromatic heterocycles. The van der Waals surface area contributed by atoms with Gasteiger partial charge in [0.1, 0.15) is 5.75 Å². The van der Waals surface area contributed by atoms with Crippen molar-refractivity contribution in [1.29, 1.82) is 0 Å². The average Bonchev–Trinajstić information content (AvgIpc) is 2.61. The normalized spacial score (nSPS) is 9.96. The molecule has 2 aromatic carbocycles. The van der Waals surface area contributed by atoms with E-state index in [-0.39, 0.29) is 17.6 Å². The quantitative estimate of drug-likeness (QED) is 0.311. The highest BCUT2D eigenvalue weighted by Gasteiger charge is 2.10. The minimum atomic E-state index is -0.436. The zero-order valence-corrected chi connectivity index (χ0v) is 18.2. The summed E-state index contributed by atoms with van der Waals surface area (Å²) in [6.07, 6.45) is 0. The van der Waals surface area contributed by atoms with Crippen molar-refractivity contribution in [3.05, 3.63) is 61.6 Å². The van der Waals surface area contributed by atoms with Crippen LogP contribution in [0.1, 0.15) is 15.9 Å². The Morgan fingerprint density at radius 2 is 1.85 bits per heavy atom. The molecule has 26 heavy (non-hydrogen) atoms. The number of aryl methyl sites for hydroxylation is 1. The molecular weight excluding hydrogens is 533 g/mol. The lowest BCUT2D eigenvalue weighted by Crippen LogP contribution is -2.49. The van der Waals surface area contributed by atoms with Gasteiger partial charge in [-0.05, 0) is 83.7 Å². The lowest BCUT2D eigenvalue weighted by Gasteiger charge is -2.12. The van der Waals surface area contributed by atoms with Crippen molar-refractivity contribution >= 4 is 67.7 Å². The van der Waals surface area contributed by atoms with Crippen molar-refractivity contribution in [1.82, 2.24) is 16.2 Å². The molecule has 6 nitrogen and oxygen atoms in total. The average molecular weight is 548 g/mol. The van der Waals surface area contributed by atoms with Crippen molar-refractivity contribution in [3.8, 4) is 5.75 Å². The molecule has 0 aliphatic heterocycles. The van der Waals surface area contributed by atoms with Crippen molar-refractivity contribution in [2.45, 2.75) is 6.92 Å². The molecule has 2 rings (SSSR count). The predicted molar refractivity (Wildman–Crippen MR) is 115 cm³/mol. The van der Waals surface area contributed by atoms with Gasteiger partial charge in [0, 0.05) is 13.6 Å². The Morgan fingerprint density at radius 1 is 1.15 bits per heavy atom. The first-order valence-electron chi connectivity index (χ1n) is 7.40. The predicted octanol–water partition coefficient (Wildman–Crippen LogP) is 3.08. The SMILES string of the molecule is Cc1ccc(C(=O)NC(=S)NNC(=O)COc2ccc(Br)cc2)cc1I. The van der Waals surface area contributed by atoms with Crippen LogP contribution in [0.4, 0.5) is 0 Å². The molecule has 0 radical (unpaired) electrons. The van der Waals surface area contributed by atoms with Gasteiger partial charge in [0.15, 0.2) is 11.7 Å². The molecule has 0 unspecified atom stereocenters. The minimum absolute atomic E-state index is 0.0115. The lowest BCUT2D eigenvalue weighted by atomic mass is 10.1. The van der Waals surface area contributed by atoms with E-state index in [9.17, 15) is 9.59 Å². The first-order valence-corrected chi connectivity index (χ1v) is 9.68. The van der Waals surface area contributed by atoms with E-state index in [0.717, 1.165) is 13.6 Å². The van der Waals surface area contributed by atoms with E-state index in [1.54, 1.807) is 24.3 Å². The molecule has 0 aliphatic carbocycles. The number of halogens is 2. The van der Waals surface area contributed by atoms with Gasteiger partial charge in [-0.1, -0.05) is 22.0 Å². The molecule has 0 saturated heterocycles. The number of carbonyl (C=O) groups excluding carboxylic acids is 2. The summed E-state index contributed by atoms with van der Waals surface area (Å²) in [5.74, 6) is -0.233. The summed E-state index contributed by atoms with van der Waals surface area (Å²) >= 11 is 10.5. The Balaban J connectivity index is 1.75. The molecule has 0 saturated carbocycles. The number of nitrogens with one attached hydrogen (secondary N) is 3. The highest BCUT2D eigenvalue weighted by atomic mass is 127. The van der Waals surface area contributed by atoms with E-state index in [4.69, 9.17) is 17.0 Å². The van der Waals surface area contributed by atoms with Crippen LogP contribution in [0.15, 0.2) is 46.9 Å². The van der Waals surface area contributed by atoms with E-state index in [1.165, 1.54) is 0 Å². The highest BCUT2D eigenvalue weighted by Crippen LogP contribution is 2.16. The van der Waals surface area contributed by atoms with E-state index < -0.39 is 5.91 Å². The number of hydrogen-bond donors (Lipinski definition) is 3. The number of hydrazine groups is 1. The van der Waals surface area contributed by atoms with E-state index in [2.05, 4.69) is 54.7 Å². The molecule has 0 spiro atoms. The summed E-state index contributed by atoms with van der Waals surface area (Å²) in [4.78, 5) is 23.9. The smallest absolute Gasteiger partial charge is 0.276 e. The number of hydrogen-bond acceptors (Lipinski definition) is 4. The maximum absolute atomic E-state index is 12.1. The number of benzene rings is 2. The molecule has 0 aliphatic rings. The van der Waals surface area contributed by atoms with Gasteiger partial charge < -0.3 is 4.74 Å². The summed E-state index contributed by atoms with van der Waals surface area (Å²) in [6, 6.07) is 12.4. The number of rotatable bonds is 4. The van der Waals surface area contributed by atoms with Gasteiger partial charge in [-0.15, -0.1) is 0 Å². The van der Waals surface area contributed by atoms with Crippen LogP contribution in [0.25, 0.3) is 0 Å². The fraction of sp³-hybridized carbons (Fsp3) is 0.118. The Bertz CT molecular complexity index is 831. The summed E-state index contributed by atoms with van der Waals surface area (Å²) in [6.45, 7) is 1.77. The van der Waals surface area contributed by atoms with Gasteiger partial charge in [0.2, 0.25) is 0 Å². The van der Waals surface area contributed by atoms with Crippen LogP contribution in [0.3, 0.4) is 0 Å². The minimum Gasteiger partial charge on any atom is -0.484 e. The maximum atomic E-state index is 12.1. The topological polar surface area (TPSA) is 79.5 Å². The third kappa shape index (κ3) is 6.54. The Morgan fingerprint density at radius 3 is 2.50 bits per heavy atom. The van der Waals surface area contributed by atoms with Crippen molar-refractivity contribution in [2.24, 2.45) is 0 Å². The first kappa shape index (κ1) is 20.6. The molecule has 0 bridgehead atoms. The zero-order valence-electron chi connectivity index (χ0n) is 13.6. The second-order valence-electron chi connectivity index (χ2n) is 5.16. The Labute approximate surface area is 178 Å². The van der Waals surface area contributed by atoms with Gasteiger partial charge in [-0.3, -0.25) is 25.8 Å². The van der Waals surface area contributed by atoms with Crippen LogP contribution in [0.2, 0.25) is 0 Å². The largest absolute Gasteiger partial charge is 0.484 e. The Kier molecular flexibility index (Phi) is 7.79. The Hall–Kier alpha value is -1.72. The number of thiocarbonyl (C=S) groups is 1. The summed E-state index contributed by atoms with van der Waals surface area (Å²) in [7, 11) is 0. The van der Waals surface area contributed by atoms with Crippen molar-refractivity contribution in [2.75, 3.05) is 6.61 Å². The van der Waals surface area contributed by atoms with Crippen LogP contribution in [0, 0.1) is 10.5 Å². The monoisotopic (exact) mass is 547 g/mol. The molecule has 2 aromatic rings. The summed E-state index contributed by atoms with van der Waals surface area (Å²) < 4.78 is 7.22. The van der Waals surface area contributed by atoms with Crippen LogP contribution in [-0.2, 0) is 4.79 Å². The van der Waals surface area contributed by atoms with Crippen molar-refractivity contribution in [3.63, 3.8) is 0 Å². The standard InChI is InChI=1S/C17H15BrIN3O3S/c1-10-2-3-11(8-14(10)19)16(24)20-17(26)22-21-15(23)9-25-13-6-4-12(18)5-7-13/h2-8H,9H2,1H3,(H,21,23)(H2,20,22,24,26). The van der Waals surface area contributed by atoms with Gasteiger partial charge in [0.25, 0.3) is 11.8 Å². The molecule has 0 heterocycles. The number of amides is 2. The fourth-order valence-corrected chi connectivity index (χ4v) is 2.71. The molecule has 136 valence electrons. The molecule has 9 heteroatoms. The van der Waals surface area contributed by atoms with Gasteiger partial charge in [-0.25, -0.2) is 0 Å².